The molecule has 2 aromatic heterocycles. The van der Waals surface area contributed by atoms with E-state index in [9.17, 15) is 14.4 Å². The Balaban J connectivity index is 1.78. The molecule has 0 saturated heterocycles. The SMILES string of the molecule is CCOC(=O)c1c(NC(=O)c2ccc(COc3cc(C)c(Cl)cc3C(C)C)o2)sc(C(C)=O)c1C. The van der Waals surface area contributed by atoms with Crippen LogP contribution < -0.4 is 10.1 Å². The first-order valence-corrected chi connectivity index (χ1v) is 12.4. The first-order valence-electron chi connectivity index (χ1n) is 11.2. The zero-order valence-corrected chi connectivity index (χ0v) is 22.1. The van der Waals surface area contributed by atoms with Crippen molar-refractivity contribution >= 4 is 45.6 Å². The van der Waals surface area contributed by atoms with E-state index < -0.39 is 11.9 Å². The smallest absolute Gasteiger partial charge is 0.341 e. The molecule has 0 atom stereocenters. The number of amides is 1. The molecule has 7 nitrogen and oxygen atoms in total. The average molecular weight is 518 g/mol. The quantitative estimate of drug-likeness (QED) is 0.244. The van der Waals surface area contributed by atoms with Crippen LogP contribution in [0.1, 0.15) is 86.6 Å². The molecule has 0 saturated carbocycles. The van der Waals surface area contributed by atoms with Gasteiger partial charge in [-0.05, 0) is 74.6 Å². The van der Waals surface area contributed by atoms with E-state index in [2.05, 4.69) is 19.2 Å². The highest BCUT2D eigenvalue weighted by Crippen LogP contribution is 2.35. The van der Waals surface area contributed by atoms with Gasteiger partial charge in [0, 0.05) is 5.02 Å². The van der Waals surface area contributed by atoms with E-state index in [0.29, 0.717) is 27.0 Å². The summed E-state index contributed by atoms with van der Waals surface area (Å²) in [7, 11) is 0. The normalized spacial score (nSPS) is 11.0. The van der Waals surface area contributed by atoms with Crippen molar-refractivity contribution in [3.63, 3.8) is 0 Å². The van der Waals surface area contributed by atoms with Gasteiger partial charge >= 0.3 is 5.97 Å². The molecule has 2 heterocycles. The largest absolute Gasteiger partial charge is 0.485 e. The third-order valence-electron chi connectivity index (χ3n) is 5.34. The Morgan fingerprint density at radius 2 is 1.89 bits per heavy atom. The Labute approximate surface area is 213 Å². The minimum absolute atomic E-state index is 0.0465. The number of nitrogens with one attached hydrogen (secondary N) is 1. The number of anilines is 1. The number of halogens is 1. The maximum atomic E-state index is 12.9. The number of furan rings is 1. The topological polar surface area (TPSA) is 94.8 Å². The number of carbonyl (C=O) groups is 3. The van der Waals surface area contributed by atoms with Gasteiger partial charge in [-0.3, -0.25) is 9.59 Å². The van der Waals surface area contributed by atoms with Crippen molar-refractivity contribution in [2.75, 3.05) is 11.9 Å². The van der Waals surface area contributed by atoms with Crippen LogP contribution in [0.15, 0.2) is 28.7 Å². The molecule has 1 amide bonds. The lowest BCUT2D eigenvalue weighted by atomic mass is 10.0. The number of carbonyl (C=O) groups excluding carboxylic acids is 3. The molecular formula is C26H28ClNO6S. The maximum absolute atomic E-state index is 12.9. The summed E-state index contributed by atoms with van der Waals surface area (Å²) in [4.78, 5) is 37.7. The summed E-state index contributed by atoms with van der Waals surface area (Å²) in [6.07, 6.45) is 0. The number of rotatable bonds is 9. The van der Waals surface area contributed by atoms with Gasteiger partial charge in [0.1, 0.15) is 23.1 Å². The van der Waals surface area contributed by atoms with Crippen LogP contribution in [0.4, 0.5) is 5.00 Å². The van der Waals surface area contributed by atoms with Crippen molar-refractivity contribution in [2.24, 2.45) is 0 Å². The highest BCUT2D eigenvalue weighted by molar-refractivity contribution is 7.18. The highest BCUT2D eigenvalue weighted by atomic mass is 35.5. The molecule has 0 fully saturated rings. The average Bonchev–Trinajstić information content (AvgIpc) is 3.39. The van der Waals surface area contributed by atoms with E-state index in [0.717, 1.165) is 22.5 Å². The second-order valence-electron chi connectivity index (χ2n) is 8.34. The van der Waals surface area contributed by atoms with Crippen LogP contribution in [0.2, 0.25) is 5.02 Å². The summed E-state index contributed by atoms with van der Waals surface area (Å²) in [5, 5.41) is 3.60. The van der Waals surface area contributed by atoms with Gasteiger partial charge in [0.2, 0.25) is 0 Å². The number of thiophene rings is 1. The monoisotopic (exact) mass is 517 g/mol. The van der Waals surface area contributed by atoms with Crippen molar-refractivity contribution in [3.8, 4) is 5.75 Å². The molecule has 35 heavy (non-hydrogen) atoms. The molecule has 1 aromatic carbocycles. The fourth-order valence-electron chi connectivity index (χ4n) is 3.52. The summed E-state index contributed by atoms with van der Waals surface area (Å²) < 4.78 is 16.8. The zero-order valence-electron chi connectivity index (χ0n) is 20.5. The van der Waals surface area contributed by atoms with E-state index >= 15 is 0 Å². The Kier molecular flexibility index (Phi) is 8.40. The first-order chi connectivity index (χ1) is 16.5. The molecule has 0 aliphatic heterocycles. The minimum Gasteiger partial charge on any atom is -0.485 e. The molecule has 0 aliphatic carbocycles. The second kappa shape index (κ2) is 11.1. The van der Waals surface area contributed by atoms with Crippen LogP contribution in [0, 0.1) is 13.8 Å². The molecule has 3 aromatic rings. The second-order valence-corrected chi connectivity index (χ2v) is 9.77. The van der Waals surface area contributed by atoms with Crippen molar-refractivity contribution in [3.05, 3.63) is 67.9 Å². The van der Waals surface area contributed by atoms with E-state index in [-0.39, 0.29) is 41.2 Å². The minimum atomic E-state index is -0.600. The predicted molar refractivity (Wildman–Crippen MR) is 136 cm³/mol. The van der Waals surface area contributed by atoms with E-state index in [1.165, 1.54) is 13.0 Å². The Morgan fingerprint density at radius 1 is 1.17 bits per heavy atom. The fourth-order valence-corrected chi connectivity index (χ4v) is 4.78. The summed E-state index contributed by atoms with van der Waals surface area (Å²) >= 11 is 7.30. The molecule has 186 valence electrons. The van der Waals surface area contributed by atoms with Crippen LogP contribution in [0.25, 0.3) is 0 Å². The van der Waals surface area contributed by atoms with E-state index in [4.69, 9.17) is 25.5 Å². The number of Topliss-reactive ketones (excluding diaryl/α,β-unsaturated/α-hetero) is 1. The third-order valence-corrected chi connectivity index (χ3v) is 7.06. The van der Waals surface area contributed by atoms with Gasteiger partial charge in [-0.1, -0.05) is 25.4 Å². The van der Waals surface area contributed by atoms with Crippen LogP contribution in [-0.4, -0.2) is 24.3 Å². The number of hydrogen-bond acceptors (Lipinski definition) is 7. The van der Waals surface area contributed by atoms with Crippen LogP contribution in [0.3, 0.4) is 0 Å². The summed E-state index contributed by atoms with van der Waals surface area (Å²) in [5.74, 6) is 0.0624. The third kappa shape index (κ3) is 5.94. The molecule has 0 spiro atoms. The summed E-state index contributed by atoms with van der Waals surface area (Å²) in [5.41, 5.74) is 2.53. The number of hydrogen-bond donors (Lipinski definition) is 1. The molecule has 0 unspecified atom stereocenters. The molecular weight excluding hydrogens is 490 g/mol. The Bertz CT molecular complexity index is 1270. The molecule has 0 aliphatic rings. The van der Waals surface area contributed by atoms with Gasteiger partial charge in [-0.2, -0.15) is 0 Å². The number of benzene rings is 1. The lowest BCUT2D eigenvalue weighted by Gasteiger charge is -2.15. The number of ketones is 1. The van der Waals surface area contributed by atoms with Gasteiger partial charge in [-0.25, -0.2) is 4.79 Å². The van der Waals surface area contributed by atoms with E-state index in [1.54, 1.807) is 19.9 Å². The maximum Gasteiger partial charge on any atom is 0.341 e. The molecule has 1 N–H and O–H groups in total. The van der Waals surface area contributed by atoms with Crippen LogP contribution >= 0.6 is 22.9 Å². The Hall–Kier alpha value is -3.10. The summed E-state index contributed by atoms with van der Waals surface area (Å²) in [6.45, 7) is 11.1. The van der Waals surface area contributed by atoms with Crippen molar-refractivity contribution in [1.82, 2.24) is 0 Å². The van der Waals surface area contributed by atoms with Crippen molar-refractivity contribution in [2.45, 2.75) is 54.1 Å². The molecule has 0 radical (unpaired) electrons. The Morgan fingerprint density at radius 3 is 2.51 bits per heavy atom. The van der Waals surface area contributed by atoms with Crippen LogP contribution in [0.5, 0.6) is 5.75 Å². The van der Waals surface area contributed by atoms with Gasteiger partial charge < -0.3 is 19.2 Å². The molecule has 3 rings (SSSR count). The number of ether oxygens (including phenoxy) is 2. The number of esters is 1. The lowest BCUT2D eigenvalue weighted by Crippen LogP contribution is -2.14. The molecule has 0 bridgehead atoms. The van der Waals surface area contributed by atoms with Gasteiger partial charge in [0.25, 0.3) is 5.91 Å². The molecule has 9 heteroatoms. The number of aryl methyl sites for hydroxylation is 1. The van der Waals surface area contributed by atoms with Crippen LogP contribution in [-0.2, 0) is 11.3 Å². The lowest BCUT2D eigenvalue weighted by molar-refractivity contribution is 0.0527. The van der Waals surface area contributed by atoms with Gasteiger partial charge in [0.05, 0.1) is 17.0 Å². The standard InChI is InChI=1S/C26H28ClNO6S/c1-7-32-26(31)22-15(5)23(16(6)29)35-25(22)28-24(30)20-9-8-17(34-20)12-33-21-10-14(4)19(27)11-18(21)13(2)3/h8-11,13H,7,12H2,1-6H3,(H,28,30). The zero-order chi connectivity index (χ0) is 25.9. The predicted octanol–water partition coefficient (Wildman–Crippen LogP) is 6.95. The van der Waals surface area contributed by atoms with Gasteiger partial charge in [0.15, 0.2) is 11.5 Å². The van der Waals surface area contributed by atoms with Crippen molar-refractivity contribution < 1.29 is 28.3 Å². The van der Waals surface area contributed by atoms with Gasteiger partial charge in [-0.15, -0.1) is 11.3 Å². The summed E-state index contributed by atoms with van der Waals surface area (Å²) in [6, 6.07) is 6.97. The first kappa shape index (κ1) is 26.5. The van der Waals surface area contributed by atoms with Crippen molar-refractivity contribution in [1.29, 1.82) is 0 Å². The highest BCUT2D eigenvalue weighted by Gasteiger charge is 2.26. The fraction of sp³-hybridized carbons (Fsp3) is 0.346. The van der Waals surface area contributed by atoms with E-state index in [1.807, 2.05) is 19.1 Å².